The summed E-state index contributed by atoms with van der Waals surface area (Å²) in [6.45, 7) is 3.33. The van der Waals surface area contributed by atoms with Crippen LogP contribution in [0.25, 0.3) is 0 Å². The zero-order valence-corrected chi connectivity index (χ0v) is 12.5. The van der Waals surface area contributed by atoms with Crippen LogP contribution in [0.3, 0.4) is 0 Å². The molecule has 0 aliphatic carbocycles. The smallest absolute Gasteiger partial charge is 0.294 e. The molecule has 3 N–H and O–H groups in total. The van der Waals surface area contributed by atoms with Crippen LogP contribution in [-0.2, 0) is 16.7 Å². The van der Waals surface area contributed by atoms with Gasteiger partial charge in [-0.05, 0) is 48.9 Å². The van der Waals surface area contributed by atoms with Gasteiger partial charge >= 0.3 is 0 Å². The van der Waals surface area contributed by atoms with Crippen LogP contribution < -0.4 is 10.6 Å². The number of rotatable bonds is 5. The number of nitrogens with zero attached hydrogens (tertiary/aromatic N) is 1. The predicted octanol–water partition coefficient (Wildman–Crippen LogP) is 2.54. The van der Waals surface area contributed by atoms with Crippen LogP contribution in [0.2, 0.25) is 0 Å². The Balaban J connectivity index is 2.25. The van der Waals surface area contributed by atoms with E-state index < -0.39 is 10.1 Å². The normalized spacial score (nSPS) is 11.3. The van der Waals surface area contributed by atoms with Gasteiger partial charge in [0.2, 0.25) is 0 Å². The van der Waals surface area contributed by atoms with E-state index in [0.29, 0.717) is 12.2 Å². The molecule has 6 heteroatoms. The second kappa shape index (κ2) is 6.15. The van der Waals surface area contributed by atoms with Crippen LogP contribution in [0.15, 0.2) is 53.4 Å². The van der Waals surface area contributed by atoms with E-state index in [0.717, 1.165) is 17.8 Å². The van der Waals surface area contributed by atoms with Gasteiger partial charge in [-0.15, -0.1) is 0 Å². The maximum Gasteiger partial charge on any atom is 0.294 e. The van der Waals surface area contributed by atoms with E-state index in [1.54, 1.807) is 6.07 Å². The molecule has 0 aliphatic heterocycles. The first-order valence-corrected chi connectivity index (χ1v) is 8.01. The lowest BCUT2D eigenvalue weighted by atomic mass is 10.2. The Bertz CT molecular complexity index is 712. The average molecular weight is 306 g/mol. The second-order valence-corrected chi connectivity index (χ2v) is 6.15. The monoisotopic (exact) mass is 306 g/mol. The fraction of sp³-hybridized carbons (Fsp3) is 0.200. The maximum absolute atomic E-state index is 11.2. The summed E-state index contributed by atoms with van der Waals surface area (Å²) in [5.41, 5.74) is 8.19. The summed E-state index contributed by atoms with van der Waals surface area (Å²) in [5, 5.41) is 0. The van der Waals surface area contributed by atoms with Crippen molar-refractivity contribution in [2.45, 2.75) is 18.4 Å². The maximum atomic E-state index is 11.2. The highest BCUT2D eigenvalue weighted by Gasteiger charge is 2.11. The van der Waals surface area contributed by atoms with Gasteiger partial charge in [0.05, 0.1) is 4.90 Å². The molecule has 0 heterocycles. The molecule has 112 valence electrons. The van der Waals surface area contributed by atoms with Crippen molar-refractivity contribution in [1.29, 1.82) is 0 Å². The van der Waals surface area contributed by atoms with E-state index in [4.69, 9.17) is 10.3 Å². The van der Waals surface area contributed by atoms with Crippen molar-refractivity contribution >= 4 is 21.5 Å². The highest BCUT2D eigenvalue weighted by Crippen LogP contribution is 2.20. The van der Waals surface area contributed by atoms with E-state index in [1.165, 1.54) is 12.1 Å². The minimum Gasteiger partial charge on any atom is -0.399 e. The molecule has 0 fully saturated rings. The summed E-state index contributed by atoms with van der Waals surface area (Å²) in [4.78, 5) is 2.00. The van der Waals surface area contributed by atoms with Crippen molar-refractivity contribution in [3.8, 4) is 0 Å². The molecule has 0 aliphatic rings. The van der Waals surface area contributed by atoms with Gasteiger partial charge in [-0.25, -0.2) is 0 Å². The zero-order chi connectivity index (χ0) is 15.5. The van der Waals surface area contributed by atoms with Crippen LogP contribution in [0.5, 0.6) is 0 Å². The van der Waals surface area contributed by atoms with Crippen molar-refractivity contribution in [1.82, 2.24) is 0 Å². The minimum atomic E-state index is -4.17. The molecule has 0 amide bonds. The summed E-state index contributed by atoms with van der Waals surface area (Å²) in [7, 11) is -4.17. The van der Waals surface area contributed by atoms with Crippen LogP contribution in [0, 0.1) is 0 Å². The van der Waals surface area contributed by atoms with E-state index in [9.17, 15) is 8.42 Å². The third-order valence-corrected chi connectivity index (χ3v) is 4.06. The lowest BCUT2D eigenvalue weighted by Gasteiger charge is -2.23. The number of nitrogens with two attached hydrogens (primary N) is 1. The van der Waals surface area contributed by atoms with Crippen molar-refractivity contribution in [3.05, 3.63) is 54.1 Å². The van der Waals surface area contributed by atoms with Gasteiger partial charge in [-0.1, -0.05) is 12.1 Å². The molecule has 2 rings (SSSR count). The Morgan fingerprint density at radius 2 is 1.81 bits per heavy atom. The van der Waals surface area contributed by atoms with Gasteiger partial charge in [0.1, 0.15) is 0 Å². The first-order valence-electron chi connectivity index (χ1n) is 6.57. The predicted molar refractivity (Wildman–Crippen MR) is 83.8 cm³/mol. The molecule has 0 bridgehead atoms. The molecule has 2 aromatic rings. The van der Waals surface area contributed by atoms with Crippen molar-refractivity contribution in [2.75, 3.05) is 17.2 Å². The molecule has 5 nitrogen and oxygen atoms in total. The second-order valence-electron chi connectivity index (χ2n) is 4.73. The molecule has 0 radical (unpaired) electrons. The lowest BCUT2D eigenvalue weighted by molar-refractivity contribution is 0.483. The van der Waals surface area contributed by atoms with Crippen molar-refractivity contribution in [2.24, 2.45) is 0 Å². The highest BCUT2D eigenvalue weighted by atomic mass is 32.2. The minimum absolute atomic E-state index is 0.0895. The van der Waals surface area contributed by atoms with Crippen LogP contribution in [-0.4, -0.2) is 19.5 Å². The molecule has 0 saturated heterocycles. The number of benzene rings is 2. The summed E-state index contributed by atoms with van der Waals surface area (Å²) in [6, 6.07) is 13.8. The lowest BCUT2D eigenvalue weighted by Crippen LogP contribution is -2.22. The Hall–Kier alpha value is -2.05. The largest absolute Gasteiger partial charge is 0.399 e. The summed E-state index contributed by atoms with van der Waals surface area (Å²) in [6.07, 6.45) is 0. The third-order valence-electron chi connectivity index (χ3n) is 3.21. The molecular weight excluding hydrogens is 288 g/mol. The van der Waals surface area contributed by atoms with Gasteiger partial charge in [-0.3, -0.25) is 4.55 Å². The van der Waals surface area contributed by atoms with Crippen LogP contribution >= 0.6 is 0 Å². The van der Waals surface area contributed by atoms with Gasteiger partial charge in [-0.2, -0.15) is 8.42 Å². The Morgan fingerprint density at radius 3 is 2.38 bits per heavy atom. The van der Waals surface area contributed by atoms with Crippen LogP contribution in [0.1, 0.15) is 12.5 Å². The fourth-order valence-electron chi connectivity index (χ4n) is 2.10. The standard InChI is InChI=1S/C15H18N2O3S/c1-2-17(14-8-6-13(16)7-9-14)11-12-4-3-5-15(10-12)21(18,19)20/h3-10H,2,11,16H2,1H3,(H,18,19,20). The zero-order valence-electron chi connectivity index (χ0n) is 11.7. The first-order chi connectivity index (χ1) is 9.90. The van der Waals surface area contributed by atoms with Crippen molar-refractivity contribution < 1.29 is 13.0 Å². The molecule has 2 aromatic carbocycles. The topological polar surface area (TPSA) is 83.6 Å². The molecule has 21 heavy (non-hydrogen) atoms. The highest BCUT2D eigenvalue weighted by molar-refractivity contribution is 7.85. The van der Waals surface area contributed by atoms with Gasteiger partial charge in [0.15, 0.2) is 0 Å². The third kappa shape index (κ3) is 3.96. The first kappa shape index (κ1) is 15.3. The Morgan fingerprint density at radius 1 is 1.14 bits per heavy atom. The van der Waals surface area contributed by atoms with Crippen molar-refractivity contribution in [3.63, 3.8) is 0 Å². The van der Waals surface area contributed by atoms with E-state index >= 15 is 0 Å². The average Bonchev–Trinajstić information content (AvgIpc) is 2.45. The molecule has 0 spiro atoms. The summed E-state index contributed by atoms with van der Waals surface area (Å²) in [5.74, 6) is 0. The molecule has 0 aromatic heterocycles. The quantitative estimate of drug-likeness (QED) is 0.655. The van der Waals surface area contributed by atoms with E-state index in [-0.39, 0.29) is 4.90 Å². The van der Waals surface area contributed by atoms with E-state index in [2.05, 4.69) is 4.90 Å². The Kier molecular flexibility index (Phi) is 4.50. The summed E-state index contributed by atoms with van der Waals surface area (Å²) < 4.78 is 31.4. The van der Waals surface area contributed by atoms with Gasteiger partial charge in [0, 0.05) is 24.5 Å². The number of hydrogen-bond donors (Lipinski definition) is 2. The molecule has 0 saturated carbocycles. The Labute approximate surface area is 124 Å². The van der Waals surface area contributed by atoms with Gasteiger partial charge in [0.25, 0.3) is 10.1 Å². The fourth-order valence-corrected chi connectivity index (χ4v) is 2.65. The molecular formula is C15H18N2O3S. The number of nitrogen functional groups attached to an aromatic ring is 1. The number of hydrogen-bond acceptors (Lipinski definition) is 4. The van der Waals surface area contributed by atoms with E-state index in [1.807, 2.05) is 37.3 Å². The summed E-state index contributed by atoms with van der Waals surface area (Å²) >= 11 is 0. The SMILES string of the molecule is CCN(Cc1cccc(S(=O)(=O)O)c1)c1ccc(N)cc1. The van der Waals surface area contributed by atoms with Gasteiger partial charge < -0.3 is 10.6 Å². The van der Waals surface area contributed by atoms with Crippen LogP contribution in [0.4, 0.5) is 11.4 Å². The molecule has 0 atom stereocenters. The number of anilines is 2. The molecule has 0 unspecified atom stereocenters.